The topological polar surface area (TPSA) is 46.3 Å². The minimum absolute atomic E-state index is 0.113. The third-order valence-electron chi connectivity index (χ3n) is 3.89. The van der Waals surface area contributed by atoms with Crippen molar-refractivity contribution in [2.75, 3.05) is 10.6 Å². The van der Waals surface area contributed by atoms with Crippen LogP contribution in [-0.4, -0.2) is 5.91 Å². The fourth-order valence-corrected chi connectivity index (χ4v) is 2.87. The zero-order valence-corrected chi connectivity index (χ0v) is 11.8. The minimum Gasteiger partial charge on any atom is -0.397 e. The molecule has 0 saturated carbocycles. The van der Waals surface area contributed by atoms with Gasteiger partial charge in [-0.15, -0.1) is 0 Å². The number of amides is 1. The van der Waals surface area contributed by atoms with Crippen LogP contribution in [0.1, 0.15) is 29.5 Å². The quantitative estimate of drug-likeness (QED) is 0.848. The van der Waals surface area contributed by atoms with Crippen LogP contribution in [0.15, 0.2) is 42.5 Å². The van der Waals surface area contributed by atoms with Gasteiger partial charge in [0.15, 0.2) is 0 Å². The summed E-state index contributed by atoms with van der Waals surface area (Å²) in [7, 11) is 0. The first-order valence-electron chi connectivity index (χ1n) is 6.83. The van der Waals surface area contributed by atoms with E-state index in [4.69, 9.17) is 5.73 Å². The first-order valence-corrected chi connectivity index (χ1v) is 6.83. The summed E-state index contributed by atoms with van der Waals surface area (Å²) in [4.78, 5) is 14.3. The molecule has 1 aliphatic heterocycles. The predicted octanol–water partition coefficient (Wildman–Crippen LogP) is 3.23. The normalized spacial score (nSPS) is 17.4. The van der Waals surface area contributed by atoms with Crippen molar-refractivity contribution in [2.45, 2.75) is 26.3 Å². The lowest BCUT2D eigenvalue weighted by Gasteiger charge is -2.19. The van der Waals surface area contributed by atoms with Crippen LogP contribution in [0.2, 0.25) is 0 Å². The highest BCUT2D eigenvalue weighted by Crippen LogP contribution is 2.41. The van der Waals surface area contributed by atoms with Crippen LogP contribution in [-0.2, 0) is 11.3 Å². The van der Waals surface area contributed by atoms with Crippen molar-refractivity contribution in [2.24, 2.45) is 0 Å². The number of fused-ring (bicyclic) bond motifs is 1. The molecule has 0 fully saturated rings. The smallest absolute Gasteiger partial charge is 0.234 e. The number of nitrogen functional groups attached to an aromatic ring is 1. The standard InChI is InChI=1S/C17H18N2O/c1-11-5-3-6-13(9-11)10-19-16-14(12(2)17(19)20)7-4-8-15(16)18/h3-9,12H,10,18H2,1-2H3. The second kappa shape index (κ2) is 4.67. The summed E-state index contributed by atoms with van der Waals surface area (Å²) in [5, 5.41) is 0. The largest absolute Gasteiger partial charge is 0.397 e. The number of benzene rings is 2. The second-order valence-electron chi connectivity index (χ2n) is 5.42. The predicted molar refractivity (Wildman–Crippen MR) is 81.6 cm³/mol. The van der Waals surface area contributed by atoms with Gasteiger partial charge in [0, 0.05) is 0 Å². The average molecular weight is 266 g/mol. The zero-order valence-electron chi connectivity index (χ0n) is 11.8. The first kappa shape index (κ1) is 12.7. The molecule has 3 rings (SSSR count). The van der Waals surface area contributed by atoms with Gasteiger partial charge in [-0.25, -0.2) is 0 Å². The molecule has 1 unspecified atom stereocenters. The number of nitrogens with two attached hydrogens (primary N) is 1. The maximum atomic E-state index is 12.5. The summed E-state index contributed by atoms with van der Waals surface area (Å²) < 4.78 is 0. The molecule has 0 aromatic heterocycles. The highest BCUT2D eigenvalue weighted by molar-refractivity contribution is 6.07. The van der Waals surface area contributed by atoms with Crippen LogP contribution in [0.4, 0.5) is 11.4 Å². The Morgan fingerprint density at radius 2 is 1.95 bits per heavy atom. The van der Waals surface area contributed by atoms with Gasteiger partial charge in [0.2, 0.25) is 5.91 Å². The minimum atomic E-state index is -0.113. The molecule has 3 nitrogen and oxygen atoms in total. The number of hydrogen-bond donors (Lipinski definition) is 1. The molecule has 102 valence electrons. The van der Waals surface area contributed by atoms with Gasteiger partial charge in [-0.05, 0) is 31.0 Å². The highest BCUT2D eigenvalue weighted by Gasteiger charge is 2.35. The Labute approximate surface area is 119 Å². The molecule has 1 amide bonds. The molecular formula is C17H18N2O. The van der Waals surface area contributed by atoms with E-state index in [0.717, 1.165) is 16.8 Å². The van der Waals surface area contributed by atoms with Gasteiger partial charge in [-0.3, -0.25) is 4.79 Å². The van der Waals surface area contributed by atoms with Crippen LogP contribution in [0.5, 0.6) is 0 Å². The molecule has 2 aromatic carbocycles. The van der Waals surface area contributed by atoms with Crippen LogP contribution in [0, 0.1) is 6.92 Å². The molecule has 0 radical (unpaired) electrons. The van der Waals surface area contributed by atoms with E-state index in [1.165, 1.54) is 5.56 Å². The Hall–Kier alpha value is -2.29. The number of hydrogen-bond acceptors (Lipinski definition) is 2. The number of aryl methyl sites for hydroxylation is 1. The number of para-hydroxylation sites is 1. The van der Waals surface area contributed by atoms with Gasteiger partial charge in [0.25, 0.3) is 0 Å². The molecule has 2 N–H and O–H groups in total. The van der Waals surface area contributed by atoms with E-state index in [-0.39, 0.29) is 11.8 Å². The first-order chi connectivity index (χ1) is 9.58. The summed E-state index contributed by atoms with van der Waals surface area (Å²) in [5.41, 5.74) is 11.0. The van der Waals surface area contributed by atoms with Crippen molar-refractivity contribution in [3.63, 3.8) is 0 Å². The molecule has 0 aliphatic carbocycles. The molecular weight excluding hydrogens is 248 g/mol. The number of rotatable bonds is 2. The number of carbonyl (C=O) groups is 1. The van der Waals surface area contributed by atoms with E-state index < -0.39 is 0 Å². The molecule has 20 heavy (non-hydrogen) atoms. The monoisotopic (exact) mass is 266 g/mol. The SMILES string of the molecule is Cc1cccc(CN2C(=O)C(C)c3cccc(N)c32)c1. The zero-order chi connectivity index (χ0) is 14.3. The molecule has 0 spiro atoms. The maximum absolute atomic E-state index is 12.5. The van der Waals surface area contributed by atoms with Crippen molar-refractivity contribution in [3.8, 4) is 0 Å². The number of carbonyl (C=O) groups excluding carboxylic acids is 1. The van der Waals surface area contributed by atoms with Crippen LogP contribution in [0.3, 0.4) is 0 Å². The van der Waals surface area contributed by atoms with Gasteiger partial charge in [0.05, 0.1) is 23.8 Å². The lowest BCUT2D eigenvalue weighted by atomic mass is 10.0. The van der Waals surface area contributed by atoms with Crippen molar-refractivity contribution in [1.29, 1.82) is 0 Å². The van der Waals surface area contributed by atoms with Crippen molar-refractivity contribution in [3.05, 3.63) is 59.2 Å². The van der Waals surface area contributed by atoms with Crippen molar-refractivity contribution < 1.29 is 4.79 Å². The third kappa shape index (κ3) is 1.95. The van der Waals surface area contributed by atoms with Gasteiger partial charge in [-0.2, -0.15) is 0 Å². The van der Waals surface area contributed by atoms with Crippen LogP contribution in [0.25, 0.3) is 0 Å². The third-order valence-corrected chi connectivity index (χ3v) is 3.89. The van der Waals surface area contributed by atoms with Gasteiger partial charge < -0.3 is 10.6 Å². The van der Waals surface area contributed by atoms with Crippen LogP contribution >= 0.6 is 0 Å². The molecule has 0 saturated heterocycles. The van der Waals surface area contributed by atoms with E-state index in [9.17, 15) is 4.79 Å². The summed E-state index contributed by atoms with van der Waals surface area (Å²) in [6.45, 7) is 4.57. The lowest BCUT2D eigenvalue weighted by Crippen LogP contribution is -2.28. The Balaban J connectivity index is 2.01. The summed E-state index contributed by atoms with van der Waals surface area (Å²) in [5.74, 6) is 0.0118. The lowest BCUT2D eigenvalue weighted by molar-refractivity contribution is -0.119. The van der Waals surface area contributed by atoms with E-state index in [1.54, 1.807) is 0 Å². The summed E-state index contributed by atoms with van der Waals surface area (Å²) in [6, 6.07) is 14.0. The highest BCUT2D eigenvalue weighted by atomic mass is 16.2. The molecule has 1 aliphatic rings. The Morgan fingerprint density at radius 1 is 1.20 bits per heavy atom. The van der Waals surface area contributed by atoms with Crippen LogP contribution < -0.4 is 10.6 Å². The average Bonchev–Trinajstić information content (AvgIpc) is 2.66. The van der Waals surface area contributed by atoms with Crippen molar-refractivity contribution in [1.82, 2.24) is 0 Å². The van der Waals surface area contributed by atoms with E-state index in [1.807, 2.05) is 42.2 Å². The number of anilines is 2. The van der Waals surface area contributed by atoms with Crippen molar-refractivity contribution >= 4 is 17.3 Å². The van der Waals surface area contributed by atoms with E-state index in [0.29, 0.717) is 12.2 Å². The summed E-state index contributed by atoms with van der Waals surface area (Å²) >= 11 is 0. The Bertz CT molecular complexity index is 678. The second-order valence-corrected chi connectivity index (χ2v) is 5.42. The van der Waals surface area contributed by atoms with Gasteiger partial charge in [-0.1, -0.05) is 42.0 Å². The van der Waals surface area contributed by atoms with E-state index in [2.05, 4.69) is 19.1 Å². The fourth-order valence-electron chi connectivity index (χ4n) is 2.87. The molecule has 2 aromatic rings. The Kier molecular flexibility index (Phi) is 2.97. The Morgan fingerprint density at radius 3 is 2.70 bits per heavy atom. The van der Waals surface area contributed by atoms with Gasteiger partial charge in [0.1, 0.15) is 0 Å². The van der Waals surface area contributed by atoms with E-state index >= 15 is 0 Å². The van der Waals surface area contributed by atoms with Gasteiger partial charge >= 0.3 is 0 Å². The molecule has 3 heteroatoms. The summed E-state index contributed by atoms with van der Waals surface area (Å²) in [6.07, 6.45) is 0. The fraction of sp³-hybridized carbons (Fsp3) is 0.235. The maximum Gasteiger partial charge on any atom is 0.234 e. The molecule has 0 bridgehead atoms. The molecule has 1 heterocycles. The molecule has 1 atom stereocenters. The number of nitrogens with zero attached hydrogens (tertiary/aromatic N) is 1.